The Labute approximate surface area is 193 Å². The number of esters is 1. The summed E-state index contributed by atoms with van der Waals surface area (Å²) in [6.07, 6.45) is 1.93. The Bertz CT molecular complexity index is 1260. The van der Waals surface area contributed by atoms with Crippen molar-refractivity contribution in [3.8, 4) is 11.5 Å². The fraction of sp³-hybridized carbons (Fsp3) is 0.333. The fourth-order valence-electron chi connectivity index (χ4n) is 5.04. The van der Waals surface area contributed by atoms with Gasteiger partial charge in [-0.3, -0.25) is 4.79 Å². The van der Waals surface area contributed by atoms with Gasteiger partial charge >= 0.3 is 5.97 Å². The van der Waals surface area contributed by atoms with Crippen molar-refractivity contribution in [3.63, 3.8) is 0 Å². The van der Waals surface area contributed by atoms with Crippen LogP contribution in [0.5, 0.6) is 11.5 Å². The van der Waals surface area contributed by atoms with Crippen LogP contribution >= 0.6 is 0 Å². The summed E-state index contributed by atoms with van der Waals surface area (Å²) < 4.78 is 17.0. The van der Waals surface area contributed by atoms with Crippen LogP contribution in [-0.2, 0) is 11.2 Å². The molecule has 33 heavy (non-hydrogen) atoms. The summed E-state index contributed by atoms with van der Waals surface area (Å²) in [5, 5.41) is 1.73. The van der Waals surface area contributed by atoms with Crippen LogP contribution < -0.4 is 9.47 Å². The fourth-order valence-corrected chi connectivity index (χ4v) is 5.04. The van der Waals surface area contributed by atoms with Crippen molar-refractivity contribution >= 4 is 22.6 Å². The average molecular weight is 446 g/mol. The lowest BCUT2D eigenvalue weighted by Crippen LogP contribution is -2.51. The summed E-state index contributed by atoms with van der Waals surface area (Å²) in [6.45, 7) is 3.03. The molecule has 0 saturated carbocycles. The van der Waals surface area contributed by atoms with Crippen molar-refractivity contribution in [3.05, 3.63) is 70.8 Å². The maximum absolute atomic E-state index is 13.4. The Balaban J connectivity index is 1.38. The number of likely N-dealkylation sites (tertiary alicyclic amines) is 1. The first-order valence-electron chi connectivity index (χ1n) is 11.2. The number of hydrogen-bond donors (Lipinski definition) is 0. The molecular formula is C27H27NO5. The molecule has 0 radical (unpaired) electrons. The normalized spacial score (nSPS) is 16.9. The largest absolute Gasteiger partial charge is 0.496 e. The number of hydrogen-bond acceptors (Lipinski definition) is 5. The molecule has 1 spiro atoms. The lowest BCUT2D eigenvalue weighted by atomic mass is 9.81. The molecule has 170 valence electrons. The Morgan fingerprint density at radius 2 is 1.73 bits per heavy atom. The summed E-state index contributed by atoms with van der Waals surface area (Å²) in [5.41, 5.74) is 2.76. The predicted molar refractivity (Wildman–Crippen MR) is 125 cm³/mol. The van der Waals surface area contributed by atoms with Gasteiger partial charge in [-0.05, 0) is 36.8 Å². The van der Waals surface area contributed by atoms with Crippen LogP contribution in [0.4, 0.5) is 0 Å². The van der Waals surface area contributed by atoms with Crippen molar-refractivity contribution in [2.45, 2.75) is 31.8 Å². The minimum atomic E-state index is -0.541. The summed E-state index contributed by atoms with van der Waals surface area (Å²) in [6, 6.07) is 15.3. The standard InChI is InChI=1S/C27H27NO5/c1-17-7-8-18-16-27(33-26(30)21(18)13-17)9-11-28(12-10-27)25(29)19-14-22-20(24(15-19)32-3)5-4-6-23(22)31-2/h4-8,13-15H,9-12,16H2,1-3H3. The molecule has 5 rings (SSSR count). The van der Waals surface area contributed by atoms with Crippen molar-refractivity contribution in [2.75, 3.05) is 27.3 Å². The van der Waals surface area contributed by atoms with E-state index in [1.54, 1.807) is 20.3 Å². The third-order valence-corrected chi connectivity index (χ3v) is 6.87. The molecule has 0 bridgehead atoms. The molecule has 6 nitrogen and oxygen atoms in total. The van der Waals surface area contributed by atoms with Gasteiger partial charge in [-0.2, -0.15) is 0 Å². The van der Waals surface area contributed by atoms with Crippen molar-refractivity contribution in [2.24, 2.45) is 0 Å². The van der Waals surface area contributed by atoms with E-state index in [1.807, 2.05) is 54.3 Å². The van der Waals surface area contributed by atoms with Crippen molar-refractivity contribution in [1.82, 2.24) is 4.90 Å². The van der Waals surface area contributed by atoms with Gasteiger partial charge in [0.1, 0.15) is 17.1 Å². The summed E-state index contributed by atoms with van der Waals surface area (Å²) in [5.74, 6) is 1.01. The summed E-state index contributed by atoms with van der Waals surface area (Å²) >= 11 is 0. The van der Waals surface area contributed by atoms with Gasteiger partial charge < -0.3 is 19.1 Å². The monoisotopic (exact) mass is 445 g/mol. The summed E-state index contributed by atoms with van der Waals surface area (Å²) in [4.78, 5) is 27.9. The van der Waals surface area contributed by atoms with Gasteiger partial charge in [-0.1, -0.05) is 29.8 Å². The smallest absolute Gasteiger partial charge is 0.338 e. The molecule has 6 heteroatoms. The highest BCUT2D eigenvalue weighted by Gasteiger charge is 2.43. The minimum Gasteiger partial charge on any atom is -0.496 e. The Kier molecular flexibility index (Phi) is 5.23. The number of aryl methyl sites for hydroxylation is 1. The quantitative estimate of drug-likeness (QED) is 0.554. The van der Waals surface area contributed by atoms with E-state index in [0.29, 0.717) is 55.0 Å². The van der Waals surface area contributed by atoms with Gasteiger partial charge in [0.15, 0.2) is 0 Å². The highest BCUT2D eigenvalue weighted by atomic mass is 16.6. The number of carbonyl (C=O) groups is 2. The van der Waals surface area contributed by atoms with E-state index in [9.17, 15) is 9.59 Å². The first-order valence-corrected chi connectivity index (χ1v) is 11.2. The molecule has 1 saturated heterocycles. The maximum atomic E-state index is 13.4. The number of fused-ring (bicyclic) bond motifs is 2. The second kappa shape index (κ2) is 8.10. The third-order valence-electron chi connectivity index (χ3n) is 6.87. The van der Waals surface area contributed by atoms with E-state index in [2.05, 4.69) is 0 Å². The van der Waals surface area contributed by atoms with Crippen LogP contribution in [0.15, 0.2) is 48.5 Å². The van der Waals surface area contributed by atoms with Crippen LogP contribution in [0.3, 0.4) is 0 Å². The summed E-state index contributed by atoms with van der Waals surface area (Å²) in [7, 11) is 3.22. The first kappa shape index (κ1) is 21.3. The number of rotatable bonds is 3. The second-order valence-electron chi connectivity index (χ2n) is 8.94. The molecule has 0 atom stereocenters. The molecule has 0 aliphatic carbocycles. The lowest BCUT2D eigenvalue weighted by molar-refractivity contribution is -0.0527. The topological polar surface area (TPSA) is 65.1 Å². The molecule has 0 aromatic heterocycles. The highest BCUT2D eigenvalue weighted by molar-refractivity contribution is 6.02. The zero-order valence-electron chi connectivity index (χ0n) is 19.1. The number of piperidine rings is 1. The average Bonchev–Trinajstić information content (AvgIpc) is 2.83. The van der Waals surface area contributed by atoms with Crippen LogP contribution in [0, 0.1) is 6.92 Å². The van der Waals surface area contributed by atoms with E-state index in [1.165, 1.54) is 0 Å². The Morgan fingerprint density at radius 1 is 0.970 bits per heavy atom. The van der Waals surface area contributed by atoms with Crippen LogP contribution in [0.25, 0.3) is 10.8 Å². The van der Waals surface area contributed by atoms with Crippen LogP contribution in [-0.4, -0.2) is 49.7 Å². The molecule has 0 N–H and O–H groups in total. The number of amides is 1. The van der Waals surface area contributed by atoms with E-state index >= 15 is 0 Å². The van der Waals surface area contributed by atoms with Gasteiger partial charge in [0.25, 0.3) is 5.91 Å². The molecule has 2 aliphatic heterocycles. The molecule has 1 fully saturated rings. The van der Waals surface area contributed by atoms with Crippen LogP contribution in [0.2, 0.25) is 0 Å². The van der Waals surface area contributed by atoms with E-state index < -0.39 is 5.60 Å². The van der Waals surface area contributed by atoms with Crippen molar-refractivity contribution < 1.29 is 23.8 Å². The van der Waals surface area contributed by atoms with Gasteiger partial charge in [0.2, 0.25) is 0 Å². The van der Waals surface area contributed by atoms with Gasteiger partial charge in [-0.25, -0.2) is 4.79 Å². The molecule has 3 aromatic rings. The van der Waals surface area contributed by atoms with Gasteiger partial charge in [-0.15, -0.1) is 0 Å². The first-order chi connectivity index (χ1) is 15.9. The maximum Gasteiger partial charge on any atom is 0.338 e. The molecule has 2 aliphatic rings. The number of ether oxygens (including phenoxy) is 3. The van der Waals surface area contributed by atoms with Crippen molar-refractivity contribution in [1.29, 1.82) is 0 Å². The molecule has 1 amide bonds. The SMILES string of the molecule is COc1cc(C(=O)N2CCC3(CC2)Cc2ccc(C)cc2C(=O)O3)cc2c(OC)cccc12. The van der Waals surface area contributed by atoms with E-state index in [4.69, 9.17) is 14.2 Å². The minimum absolute atomic E-state index is 0.0610. The molecule has 2 heterocycles. The molecule has 0 unspecified atom stereocenters. The number of carbonyl (C=O) groups excluding carboxylic acids is 2. The Hall–Kier alpha value is -3.54. The zero-order chi connectivity index (χ0) is 23.2. The molecule has 3 aromatic carbocycles. The second-order valence-corrected chi connectivity index (χ2v) is 8.94. The number of nitrogens with zero attached hydrogens (tertiary/aromatic N) is 1. The van der Waals surface area contributed by atoms with Crippen LogP contribution in [0.1, 0.15) is 44.7 Å². The van der Waals surface area contributed by atoms with Gasteiger partial charge in [0.05, 0.1) is 19.8 Å². The predicted octanol–water partition coefficient (Wildman–Crippen LogP) is 4.55. The highest BCUT2D eigenvalue weighted by Crippen LogP contribution is 2.38. The zero-order valence-corrected chi connectivity index (χ0v) is 19.1. The van der Waals surface area contributed by atoms with E-state index in [-0.39, 0.29) is 11.9 Å². The number of benzene rings is 3. The third kappa shape index (κ3) is 3.69. The van der Waals surface area contributed by atoms with E-state index in [0.717, 1.165) is 21.9 Å². The lowest BCUT2D eigenvalue weighted by Gasteiger charge is -2.43. The molecular weight excluding hydrogens is 418 g/mol. The Morgan fingerprint density at radius 3 is 2.45 bits per heavy atom. The number of methoxy groups -OCH3 is 2. The van der Waals surface area contributed by atoms with Gasteiger partial charge in [0, 0.05) is 48.7 Å².